The third-order valence-electron chi connectivity index (χ3n) is 9.66. The van der Waals surface area contributed by atoms with E-state index in [1.54, 1.807) is 48.9 Å². The highest BCUT2D eigenvalue weighted by molar-refractivity contribution is 6.13. The first-order chi connectivity index (χ1) is 28.3. The number of esters is 1. The number of rotatable bonds is 13. The first kappa shape index (κ1) is 37.3. The van der Waals surface area contributed by atoms with Gasteiger partial charge in [-0.05, 0) is 96.4 Å². The number of hydrogen-bond acceptors (Lipinski definition) is 9. The van der Waals surface area contributed by atoms with E-state index in [4.69, 9.17) is 9.15 Å². The molecular weight excluding hydrogens is 735 g/mol. The van der Waals surface area contributed by atoms with Gasteiger partial charge in [-0.15, -0.1) is 0 Å². The molecule has 8 aromatic rings. The Labute approximate surface area is 331 Å². The van der Waals surface area contributed by atoms with Gasteiger partial charge in [-0.3, -0.25) is 19.1 Å². The second-order valence-corrected chi connectivity index (χ2v) is 13.6. The number of carbonyl (C=O) groups is 3. The number of amides is 2. The van der Waals surface area contributed by atoms with Crippen molar-refractivity contribution in [1.82, 2.24) is 24.6 Å². The van der Waals surface area contributed by atoms with Crippen molar-refractivity contribution < 1.29 is 23.5 Å². The number of carbonyl (C=O) groups excluding carboxylic acids is 3. The van der Waals surface area contributed by atoms with E-state index in [2.05, 4.69) is 44.2 Å². The molecule has 0 bridgehead atoms. The number of ether oxygens (including phenoxy) is 1. The molecule has 0 unspecified atom stereocenters. The molecule has 288 valence electrons. The van der Waals surface area contributed by atoms with E-state index in [0.717, 1.165) is 53.3 Å². The number of imidazole rings is 1. The number of anilines is 2. The van der Waals surface area contributed by atoms with E-state index in [9.17, 15) is 19.2 Å². The molecule has 5 aromatic carbocycles. The summed E-state index contributed by atoms with van der Waals surface area (Å²) in [6.45, 7) is 1.47. The lowest BCUT2D eigenvalue weighted by atomic mass is 10.1. The van der Waals surface area contributed by atoms with Gasteiger partial charge in [-0.2, -0.15) is 5.10 Å². The largest absolute Gasteiger partial charge is 0.457 e. The van der Waals surface area contributed by atoms with Crippen molar-refractivity contribution in [2.75, 3.05) is 17.2 Å². The number of aromatic nitrogens is 4. The average Bonchev–Trinajstić information content (AvgIpc) is 3.92. The second kappa shape index (κ2) is 16.6. The summed E-state index contributed by atoms with van der Waals surface area (Å²) in [6, 6.07) is 33.1. The van der Waals surface area contributed by atoms with Crippen LogP contribution in [0.4, 0.5) is 11.4 Å². The van der Waals surface area contributed by atoms with Gasteiger partial charge in [0, 0.05) is 48.8 Å². The van der Waals surface area contributed by atoms with Gasteiger partial charge < -0.3 is 29.7 Å². The zero-order valence-electron chi connectivity index (χ0n) is 31.3. The van der Waals surface area contributed by atoms with Gasteiger partial charge in [-0.1, -0.05) is 42.5 Å². The van der Waals surface area contributed by atoms with Gasteiger partial charge in [0.15, 0.2) is 11.2 Å². The summed E-state index contributed by atoms with van der Waals surface area (Å²) in [5, 5.41) is 14.8. The fourth-order valence-electron chi connectivity index (χ4n) is 6.52. The first-order valence-corrected chi connectivity index (χ1v) is 18.5. The van der Waals surface area contributed by atoms with E-state index >= 15 is 0 Å². The van der Waals surface area contributed by atoms with Crippen molar-refractivity contribution >= 4 is 51.0 Å². The number of aryl methyl sites for hydroxylation is 1. The van der Waals surface area contributed by atoms with Crippen LogP contribution in [0.25, 0.3) is 27.6 Å². The predicted octanol–water partition coefficient (Wildman–Crippen LogP) is 7.06. The first-order valence-electron chi connectivity index (χ1n) is 18.5. The summed E-state index contributed by atoms with van der Waals surface area (Å²) in [7, 11) is 1.93. The zero-order chi connectivity index (χ0) is 40.0. The van der Waals surface area contributed by atoms with Crippen LogP contribution in [0.15, 0.2) is 149 Å². The number of nitrogens with zero attached hydrogens (tertiary/aromatic N) is 4. The quantitative estimate of drug-likeness (QED) is 0.0823. The smallest absolute Gasteiger partial charge is 0.338 e. The fraction of sp³-hybridized carbons (Fsp3) is 0.111. The zero-order valence-corrected chi connectivity index (χ0v) is 31.3. The Balaban J connectivity index is 0.945. The number of fused-ring (bicyclic) bond motifs is 2. The van der Waals surface area contributed by atoms with Crippen LogP contribution in [0.5, 0.6) is 0 Å². The maximum Gasteiger partial charge on any atom is 0.338 e. The van der Waals surface area contributed by atoms with Crippen molar-refractivity contribution in [3.63, 3.8) is 0 Å². The van der Waals surface area contributed by atoms with Crippen LogP contribution in [0, 0.1) is 0 Å². The Kier molecular flexibility index (Phi) is 10.7. The molecule has 0 spiro atoms. The van der Waals surface area contributed by atoms with E-state index in [0.29, 0.717) is 11.1 Å². The minimum atomic E-state index is -0.781. The Bertz CT molecular complexity index is 2830. The maximum absolute atomic E-state index is 13.7. The third-order valence-corrected chi connectivity index (χ3v) is 9.66. The van der Waals surface area contributed by atoms with Crippen molar-refractivity contribution in [1.29, 1.82) is 0 Å². The molecule has 3 heterocycles. The molecule has 0 saturated carbocycles. The van der Waals surface area contributed by atoms with Gasteiger partial charge in [0.1, 0.15) is 12.2 Å². The van der Waals surface area contributed by atoms with E-state index in [-0.39, 0.29) is 34.8 Å². The minimum absolute atomic E-state index is 0.0103. The summed E-state index contributed by atoms with van der Waals surface area (Å²) < 4.78 is 15.0. The second-order valence-electron chi connectivity index (χ2n) is 13.6. The lowest BCUT2D eigenvalue weighted by molar-refractivity contribution is 0.0472. The Morgan fingerprint density at radius 3 is 2.41 bits per heavy atom. The maximum atomic E-state index is 13.7. The van der Waals surface area contributed by atoms with Crippen LogP contribution in [-0.4, -0.2) is 43.7 Å². The minimum Gasteiger partial charge on any atom is -0.457 e. The van der Waals surface area contributed by atoms with Crippen molar-refractivity contribution in [3.8, 4) is 5.69 Å². The predicted molar refractivity (Wildman–Crippen MR) is 220 cm³/mol. The number of para-hydroxylation sites is 1. The summed E-state index contributed by atoms with van der Waals surface area (Å²) in [5.74, 6) is -2.25. The van der Waals surface area contributed by atoms with Crippen molar-refractivity contribution in [2.24, 2.45) is 7.05 Å². The highest BCUT2D eigenvalue weighted by Gasteiger charge is 2.20. The average molecular weight is 772 g/mol. The lowest BCUT2D eigenvalue weighted by Crippen LogP contribution is -2.20. The van der Waals surface area contributed by atoms with Gasteiger partial charge in [0.2, 0.25) is 0 Å². The van der Waals surface area contributed by atoms with Gasteiger partial charge in [-0.25, -0.2) is 9.78 Å². The summed E-state index contributed by atoms with van der Waals surface area (Å²) >= 11 is 0. The molecule has 2 amide bonds. The van der Waals surface area contributed by atoms with Crippen LogP contribution >= 0.6 is 0 Å². The molecular formula is C45H37N7O6. The molecule has 0 aliphatic rings. The number of nitrogens with one attached hydrogen (secondary N) is 3. The summed E-state index contributed by atoms with van der Waals surface area (Å²) in [4.78, 5) is 57.3. The van der Waals surface area contributed by atoms with Gasteiger partial charge in [0.05, 0.1) is 40.2 Å². The molecule has 0 atom stereocenters. The van der Waals surface area contributed by atoms with Crippen LogP contribution in [0.1, 0.15) is 48.0 Å². The standard InChI is InChI=1S/C45H37N7O6/c1-51-39-17-10-31(22-33(39)26-48-51)25-46-19-18-29-6-12-34(13-7-29)49-43(54)36-16-11-32(45(56)57-27-30-8-14-35(15-9-30)52-21-20-47-28-52)23-38(36)50-44(55)42-24-40(53)37-4-2-3-5-41(37)58-42/h2-17,20-24,26,28,46H,18-19,25,27H2,1H3,(H,49,54)(H,50,55). The molecule has 0 saturated heterocycles. The van der Waals surface area contributed by atoms with E-state index < -0.39 is 23.2 Å². The molecule has 13 nitrogen and oxygen atoms in total. The van der Waals surface area contributed by atoms with Crippen LogP contribution in [0.2, 0.25) is 0 Å². The number of hydrogen-bond donors (Lipinski definition) is 3. The molecule has 0 aliphatic heterocycles. The van der Waals surface area contributed by atoms with E-state index in [1.807, 2.05) is 65.1 Å². The molecule has 3 N–H and O–H groups in total. The van der Waals surface area contributed by atoms with Crippen molar-refractivity contribution in [3.05, 3.63) is 184 Å². The van der Waals surface area contributed by atoms with Gasteiger partial charge >= 0.3 is 5.97 Å². The van der Waals surface area contributed by atoms with Gasteiger partial charge in [0.25, 0.3) is 11.8 Å². The van der Waals surface area contributed by atoms with E-state index in [1.165, 1.54) is 23.8 Å². The van der Waals surface area contributed by atoms with Crippen LogP contribution < -0.4 is 21.4 Å². The topological polar surface area (TPSA) is 162 Å². The molecule has 3 aromatic heterocycles. The molecule has 13 heteroatoms. The summed E-state index contributed by atoms with van der Waals surface area (Å²) in [5.41, 5.74) is 5.55. The lowest BCUT2D eigenvalue weighted by Gasteiger charge is -2.14. The fourth-order valence-corrected chi connectivity index (χ4v) is 6.52. The molecule has 8 rings (SSSR count). The molecule has 0 radical (unpaired) electrons. The SMILES string of the molecule is Cn1ncc2cc(CNCCc3ccc(NC(=O)c4ccc(C(=O)OCc5ccc(-n6ccnc6)cc5)cc4NC(=O)c4cc(=O)c5ccccc5o4)cc3)ccc21. The number of benzene rings is 5. The third kappa shape index (κ3) is 8.44. The molecule has 58 heavy (non-hydrogen) atoms. The highest BCUT2D eigenvalue weighted by atomic mass is 16.5. The highest BCUT2D eigenvalue weighted by Crippen LogP contribution is 2.23. The molecule has 0 aliphatic carbocycles. The normalized spacial score (nSPS) is 11.1. The molecule has 0 fully saturated rings. The van der Waals surface area contributed by atoms with Crippen LogP contribution in [-0.2, 0) is 31.4 Å². The Morgan fingerprint density at radius 1 is 0.810 bits per heavy atom. The summed E-state index contributed by atoms with van der Waals surface area (Å²) in [6.07, 6.45) is 7.84. The Hall–Kier alpha value is -7.64. The monoisotopic (exact) mass is 771 g/mol. The Morgan fingerprint density at radius 2 is 1.60 bits per heavy atom. The van der Waals surface area contributed by atoms with Crippen LogP contribution in [0.3, 0.4) is 0 Å². The van der Waals surface area contributed by atoms with Crippen molar-refractivity contribution in [2.45, 2.75) is 19.6 Å².